The largest absolute Gasteiger partial charge is 0.389 e. The molecule has 2 aliphatic carbocycles. The van der Waals surface area contributed by atoms with Crippen LogP contribution in [-0.2, 0) is 0 Å². The first-order valence-corrected chi connectivity index (χ1v) is 7.89. The minimum absolute atomic E-state index is 0.0251. The average Bonchev–Trinajstić information content (AvgIpc) is 2.34. The van der Waals surface area contributed by atoms with Crippen LogP contribution in [0.25, 0.3) is 0 Å². The Hall–Kier alpha value is -0.0800. The van der Waals surface area contributed by atoms with Crippen molar-refractivity contribution in [2.75, 3.05) is 6.54 Å². The molecule has 0 aromatic carbocycles. The lowest BCUT2D eigenvalue weighted by Gasteiger charge is -2.59. The molecule has 2 unspecified atom stereocenters. The maximum Gasteiger partial charge on any atom is 0.0721 e. The summed E-state index contributed by atoms with van der Waals surface area (Å²) < 4.78 is 0. The molecule has 2 nitrogen and oxygen atoms in total. The zero-order chi connectivity index (χ0) is 13.4. The van der Waals surface area contributed by atoms with Gasteiger partial charge in [0, 0.05) is 12.0 Å². The van der Waals surface area contributed by atoms with Gasteiger partial charge in [-0.3, -0.25) is 0 Å². The molecule has 2 atom stereocenters. The van der Waals surface area contributed by atoms with E-state index >= 15 is 0 Å². The van der Waals surface area contributed by atoms with Crippen molar-refractivity contribution >= 4 is 0 Å². The van der Waals surface area contributed by atoms with E-state index in [1.807, 2.05) is 0 Å². The maximum absolute atomic E-state index is 11.0. The second-order valence-corrected chi connectivity index (χ2v) is 7.30. The third-order valence-electron chi connectivity index (χ3n) is 6.04. The fourth-order valence-electron chi connectivity index (χ4n) is 4.34. The number of rotatable bonds is 4. The van der Waals surface area contributed by atoms with Gasteiger partial charge in [-0.1, -0.05) is 40.0 Å². The molecule has 0 aliphatic heterocycles. The molecule has 3 N–H and O–H groups in total. The highest BCUT2D eigenvalue weighted by Gasteiger charge is 2.57. The molecule has 0 radical (unpaired) electrons. The molecule has 0 heterocycles. The predicted octanol–water partition coefficient (Wildman–Crippen LogP) is 3.33. The van der Waals surface area contributed by atoms with E-state index in [1.54, 1.807) is 0 Å². The Morgan fingerprint density at radius 1 is 1.28 bits per heavy atom. The van der Waals surface area contributed by atoms with E-state index in [2.05, 4.69) is 20.8 Å². The van der Waals surface area contributed by atoms with Crippen LogP contribution >= 0.6 is 0 Å². The summed E-state index contributed by atoms with van der Waals surface area (Å²) >= 11 is 0. The highest BCUT2D eigenvalue weighted by Crippen LogP contribution is 2.58. The second kappa shape index (κ2) is 5.13. The first-order chi connectivity index (χ1) is 8.46. The standard InChI is InChI=1S/C16H31NO/c1-4-13-6-5-7-15(8-13,11-17)16(18)9-14(10-16)12(2)3/h12-14,18H,4-11,17H2,1-3H3. The van der Waals surface area contributed by atoms with Gasteiger partial charge in [0.25, 0.3) is 0 Å². The van der Waals surface area contributed by atoms with Crippen molar-refractivity contribution in [1.29, 1.82) is 0 Å². The lowest BCUT2D eigenvalue weighted by Crippen LogP contribution is -2.62. The first-order valence-electron chi connectivity index (χ1n) is 7.89. The zero-order valence-corrected chi connectivity index (χ0v) is 12.4. The van der Waals surface area contributed by atoms with Gasteiger partial charge in [0.05, 0.1) is 5.60 Å². The molecule has 0 spiro atoms. The summed E-state index contributed by atoms with van der Waals surface area (Å²) in [6.07, 6.45) is 8.09. The van der Waals surface area contributed by atoms with Gasteiger partial charge in [0.1, 0.15) is 0 Å². The molecule has 2 heteroatoms. The van der Waals surface area contributed by atoms with E-state index in [0.717, 1.165) is 31.6 Å². The molecular weight excluding hydrogens is 222 g/mol. The summed E-state index contributed by atoms with van der Waals surface area (Å²) in [7, 11) is 0. The third kappa shape index (κ3) is 2.22. The Morgan fingerprint density at radius 2 is 1.94 bits per heavy atom. The van der Waals surface area contributed by atoms with Crippen molar-refractivity contribution in [2.24, 2.45) is 28.9 Å². The smallest absolute Gasteiger partial charge is 0.0721 e. The van der Waals surface area contributed by atoms with Crippen molar-refractivity contribution < 1.29 is 5.11 Å². The molecular formula is C16H31NO. The lowest BCUT2D eigenvalue weighted by atomic mass is 9.50. The van der Waals surface area contributed by atoms with Crippen molar-refractivity contribution in [3.8, 4) is 0 Å². The maximum atomic E-state index is 11.0. The Bertz CT molecular complexity index is 283. The minimum atomic E-state index is -0.454. The molecule has 2 aliphatic rings. The van der Waals surface area contributed by atoms with Gasteiger partial charge in [-0.05, 0) is 43.4 Å². The van der Waals surface area contributed by atoms with Gasteiger partial charge >= 0.3 is 0 Å². The van der Waals surface area contributed by atoms with Crippen molar-refractivity contribution in [3.05, 3.63) is 0 Å². The second-order valence-electron chi connectivity index (χ2n) is 7.30. The number of nitrogens with two attached hydrogens (primary N) is 1. The molecule has 0 bridgehead atoms. The number of aliphatic hydroxyl groups is 1. The summed E-state index contributed by atoms with van der Waals surface area (Å²) in [5.41, 5.74) is 5.68. The summed E-state index contributed by atoms with van der Waals surface area (Å²) in [4.78, 5) is 0. The monoisotopic (exact) mass is 253 g/mol. The van der Waals surface area contributed by atoms with Crippen LogP contribution in [0.5, 0.6) is 0 Å². The molecule has 2 rings (SSSR count). The fourth-order valence-corrected chi connectivity index (χ4v) is 4.34. The van der Waals surface area contributed by atoms with Crippen LogP contribution < -0.4 is 5.73 Å². The third-order valence-corrected chi connectivity index (χ3v) is 6.04. The molecule has 0 saturated heterocycles. The van der Waals surface area contributed by atoms with E-state index < -0.39 is 5.60 Å². The molecule has 0 aromatic rings. The molecule has 0 amide bonds. The quantitative estimate of drug-likeness (QED) is 0.807. The SMILES string of the molecule is CCC1CCCC(CN)(C2(O)CC(C(C)C)C2)C1. The number of hydrogen-bond donors (Lipinski definition) is 2. The Labute approximate surface area is 112 Å². The van der Waals surface area contributed by atoms with Crippen LogP contribution in [0.3, 0.4) is 0 Å². The summed E-state index contributed by atoms with van der Waals surface area (Å²) in [5, 5.41) is 11.0. The molecule has 18 heavy (non-hydrogen) atoms. The summed E-state index contributed by atoms with van der Waals surface area (Å²) in [6, 6.07) is 0. The average molecular weight is 253 g/mol. The van der Waals surface area contributed by atoms with Gasteiger partial charge in [-0.15, -0.1) is 0 Å². The van der Waals surface area contributed by atoms with E-state index in [1.165, 1.54) is 19.3 Å². The van der Waals surface area contributed by atoms with Crippen LogP contribution in [0.1, 0.15) is 65.7 Å². The van der Waals surface area contributed by atoms with Gasteiger partial charge in [-0.2, -0.15) is 0 Å². The van der Waals surface area contributed by atoms with Crippen molar-refractivity contribution in [1.82, 2.24) is 0 Å². The van der Waals surface area contributed by atoms with Crippen LogP contribution in [0.15, 0.2) is 0 Å². The Balaban J connectivity index is 2.08. The summed E-state index contributed by atoms with van der Waals surface area (Å²) in [5.74, 6) is 2.19. The van der Waals surface area contributed by atoms with Gasteiger partial charge in [0.2, 0.25) is 0 Å². The molecule has 2 fully saturated rings. The van der Waals surface area contributed by atoms with Gasteiger partial charge < -0.3 is 10.8 Å². The predicted molar refractivity (Wildman–Crippen MR) is 76.2 cm³/mol. The van der Waals surface area contributed by atoms with Gasteiger partial charge in [0.15, 0.2) is 0 Å². The normalized spacial score (nSPS) is 45.0. The van der Waals surface area contributed by atoms with E-state index in [9.17, 15) is 5.11 Å². The van der Waals surface area contributed by atoms with E-state index in [4.69, 9.17) is 5.73 Å². The van der Waals surface area contributed by atoms with Gasteiger partial charge in [-0.25, -0.2) is 0 Å². The lowest BCUT2D eigenvalue weighted by molar-refractivity contribution is -0.189. The van der Waals surface area contributed by atoms with Crippen LogP contribution in [-0.4, -0.2) is 17.3 Å². The van der Waals surface area contributed by atoms with Crippen molar-refractivity contribution in [3.63, 3.8) is 0 Å². The highest BCUT2D eigenvalue weighted by atomic mass is 16.3. The fraction of sp³-hybridized carbons (Fsp3) is 1.00. The van der Waals surface area contributed by atoms with Crippen LogP contribution in [0.4, 0.5) is 0 Å². The topological polar surface area (TPSA) is 46.2 Å². The molecule has 106 valence electrons. The van der Waals surface area contributed by atoms with E-state index in [0.29, 0.717) is 18.4 Å². The van der Waals surface area contributed by atoms with Crippen molar-refractivity contribution in [2.45, 2.75) is 71.3 Å². The van der Waals surface area contributed by atoms with E-state index in [-0.39, 0.29) is 5.41 Å². The molecule has 0 aromatic heterocycles. The highest BCUT2D eigenvalue weighted by molar-refractivity contribution is 5.09. The summed E-state index contributed by atoms with van der Waals surface area (Å²) in [6.45, 7) is 7.49. The Morgan fingerprint density at radius 3 is 2.44 bits per heavy atom. The van der Waals surface area contributed by atoms with Crippen LogP contribution in [0.2, 0.25) is 0 Å². The molecule has 2 saturated carbocycles. The van der Waals surface area contributed by atoms with Crippen LogP contribution in [0, 0.1) is 23.2 Å². The number of hydrogen-bond acceptors (Lipinski definition) is 2. The zero-order valence-electron chi connectivity index (χ0n) is 12.4. The first kappa shape index (κ1) is 14.3. The Kier molecular flexibility index (Phi) is 4.08. The minimum Gasteiger partial charge on any atom is -0.389 e.